The monoisotopic (exact) mass is 470 g/mol. The van der Waals surface area contributed by atoms with Crippen molar-refractivity contribution in [3.63, 3.8) is 0 Å². The van der Waals surface area contributed by atoms with Gasteiger partial charge in [-0.15, -0.1) is 0 Å². The molecule has 1 aliphatic rings. The zero-order valence-electron chi connectivity index (χ0n) is 15.4. The second kappa shape index (κ2) is 8.20. The number of halogens is 6. The van der Waals surface area contributed by atoms with Gasteiger partial charge < -0.3 is 9.64 Å². The van der Waals surface area contributed by atoms with Crippen LogP contribution in [0.15, 0.2) is 35.2 Å². The fourth-order valence-corrected chi connectivity index (χ4v) is 4.28. The Kier molecular flexibility index (Phi) is 6.17. The molecule has 1 fully saturated rings. The topological polar surface area (TPSA) is 58.6 Å². The van der Waals surface area contributed by atoms with Gasteiger partial charge >= 0.3 is 6.18 Å². The standard InChI is InChI=1S/C18H16ClF5N2O3S/c1-26-5-4-11(9-26)29-16-6-10(2-3-12(16)18(22,23)24)25-30(27,28)17-8-14(20)13(19)7-15(17)21/h2-3,6-8,11,25H,4-5,9H2,1H3/t11-/m0/s1. The van der Waals surface area contributed by atoms with E-state index in [1.807, 2.05) is 9.62 Å². The average Bonchev–Trinajstić information content (AvgIpc) is 3.01. The maximum Gasteiger partial charge on any atom is 0.419 e. The van der Waals surface area contributed by atoms with Crippen molar-refractivity contribution in [2.75, 3.05) is 24.9 Å². The van der Waals surface area contributed by atoms with Crippen LogP contribution in [0.3, 0.4) is 0 Å². The molecular weight excluding hydrogens is 455 g/mol. The van der Waals surface area contributed by atoms with Crippen molar-refractivity contribution in [3.05, 3.63) is 52.6 Å². The number of anilines is 1. The smallest absolute Gasteiger partial charge is 0.419 e. The minimum absolute atomic E-state index is 0.306. The molecule has 0 spiro atoms. The summed E-state index contributed by atoms with van der Waals surface area (Å²) in [6.07, 6.45) is -4.74. The highest BCUT2D eigenvalue weighted by Gasteiger charge is 2.36. The highest BCUT2D eigenvalue weighted by Crippen LogP contribution is 2.39. The van der Waals surface area contributed by atoms with Gasteiger partial charge in [-0.25, -0.2) is 17.2 Å². The lowest BCUT2D eigenvalue weighted by molar-refractivity contribution is -0.139. The number of likely N-dealkylation sites (N-methyl/N-ethyl adjacent to an activating group) is 1. The Morgan fingerprint density at radius 1 is 1.17 bits per heavy atom. The molecule has 164 valence electrons. The van der Waals surface area contributed by atoms with Gasteiger partial charge in [0.05, 0.1) is 16.3 Å². The van der Waals surface area contributed by atoms with E-state index in [0.29, 0.717) is 37.7 Å². The van der Waals surface area contributed by atoms with Crippen LogP contribution in [-0.4, -0.2) is 39.6 Å². The Morgan fingerprint density at radius 3 is 2.47 bits per heavy atom. The van der Waals surface area contributed by atoms with E-state index in [2.05, 4.69) is 0 Å². The van der Waals surface area contributed by atoms with E-state index in [4.69, 9.17) is 16.3 Å². The molecule has 0 unspecified atom stereocenters. The van der Waals surface area contributed by atoms with E-state index in [-0.39, 0.29) is 5.69 Å². The molecule has 1 saturated heterocycles. The van der Waals surface area contributed by atoms with Gasteiger partial charge in [0, 0.05) is 19.2 Å². The zero-order chi connectivity index (χ0) is 22.3. The largest absolute Gasteiger partial charge is 0.488 e. The van der Waals surface area contributed by atoms with Gasteiger partial charge in [-0.1, -0.05) is 11.6 Å². The van der Waals surface area contributed by atoms with Crippen molar-refractivity contribution in [2.24, 2.45) is 0 Å². The predicted octanol–water partition coefficient (Wildman–Crippen LogP) is 4.52. The van der Waals surface area contributed by atoms with E-state index in [1.54, 1.807) is 7.05 Å². The summed E-state index contributed by atoms with van der Waals surface area (Å²) in [6, 6.07) is 3.25. The number of likely N-dealkylation sites (tertiary alicyclic amines) is 1. The van der Waals surface area contributed by atoms with E-state index in [9.17, 15) is 30.4 Å². The summed E-state index contributed by atoms with van der Waals surface area (Å²) in [5, 5.41) is -0.613. The lowest BCUT2D eigenvalue weighted by Gasteiger charge is -2.19. The summed E-state index contributed by atoms with van der Waals surface area (Å²) in [5.41, 5.74) is -1.39. The first-order valence-electron chi connectivity index (χ1n) is 8.60. The second-order valence-electron chi connectivity index (χ2n) is 6.80. The predicted molar refractivity (Wildman–Crippen MR) is 100 cm³/mol. The van der Waals surface area contributed by atoms with E-state index in [1.165, 1.54) is 0 Å². The van der Waals surface area contributed by atoms with Crippen LogP contribution in [0.5, 0.6) is 5.75 Å². The Morgan fingerprint density at radius 2 is 1.87 bits per heavy atom. The number of nitrogens with zero attached hydrogens (tertiary/aromatic N) is 1. The molecule has 0 aliphatic carbocycles. The molecule has 0 amide bonds. The third kappa shape index (κ3) is 4.96. The summed E-state index contributed by atoms with van der Waals surface area (Å²) in [4.78, 5) is 0.840. The molecule has 12 heteroatoms. The molecule has 1 atom stereocenters. The quantitative estimate of drug-likeness (QED) is 0.515. The SMILES string of the molecule is CN1CC[C@H](Oc2cc(NS(=O)(=O)c3cc(F)c(Cl)cc3F)ccc2C(F)(F)F)C1. The Balaban J connectivity index is 1.94. The van der Waals surface area contributed by atoms with Crippen LogP contribution in [-0.2, 0) is 16.2 Å². The van der Waals surface area contributed by atoms with Crippen molar-refractivity contribution >= 4 is 27.3 Å². The molecule has 30 heavy (non-hydrogen) atoms. The first-order valence-corrected chi connectivity index (χ1v) is 10.5. The van der Waals surface area contributed by atoms with Gasteiger partial charge in [-0.3, -0.25) is 4.72 Å². The molecule has 0 aromatic heterocycles. The van der Waals surface area contributed by atoms with Crippen LogP contribution in [0.2, 0.25) is 5.02 Å². The van der Waals surface area contributed by atoms with Crippen LogP contribution in [0, 0.1) is 11.6 Å². The molecule has 0 radical (unpaired) electrons. The van der Waals surface area contributed by atoms with Crippen molar-refractivity contribution in [1.82, 2.24) is 4.90 Å². The van der Waals surface area contributed by atoms with Gasteiger partial charge in [-0.05, 0) is 37.7 Å². The first kappa shape index (κ1) is 22.6. The van der Waals surface area contributed by atoms with Crippen LogP contribution in [0.1, 0.15) is 12.0 Å². The number of benzene rings is 2. The van der Waals surface area contributed by atoms with Gasteiger partial charge in [0.2, 0.25) is 0 Å². The molecule has 1 N–H and O–H groups in total. The van der Waals surface area contributed by atoms with Gasteiger partial charge in [-0.2, -0.15) is 13.2 Å². The number of nitrogens with one attached hydrogen (secondary N) is 1. The second-order valence-corrected chi connectivity index (χ2v) is 8.86. The number of hydrogen-bond donors (Lipinski definition) is 1. The van der Waals surface area contributed by atoms with Crippen molar-refractivity contribution in [3.8, 4) is 5.75 Å². The van der Waals surface area contributed by atoms with Crippen molar-refractivity contribution in [2.45, 2.75) is 23.6 Å². The van der Waals surface area contributed by atoms with E-state index < -0.39 is 55.2 Å². The molecule has 1 heterocycles. The molecule has 0 bridgehead atoms. The lowest BCUT2D eigenvalue weighted by Crippen LogP contribution is -2.23. The van der Waals surface area contributed by atoms with Gasteiger partial charge in [0.25, 0.3) is 10.0 Å². The molecule has 5 nitrogen and oxygen atoms in total. The van der Waals surface area contributed by atoms with Crippen LogP contribution in [0.4, 0.5) is 27.6 Å². The number of ether oxygens (including phenoxy) is 1. The lowest BCUT2D eigenvalue weighted by atomic mass is 10.1. The van der Waals surface area contributed by atoms with Crippen LogP contribution < -0.4 is 9.46 Å². The first-order chi connectivity index (χ1) is 13.9. The Bertz CT molecular complexity index is 1060. The average molecular weight is 471 g/mol. The summed E-state index contributed by atoms with van der Waals surface area (Å²) in [5.74, 6) is -3.04. The highest BCUT2D eigenvalue weighted by molar-refractivity contribution is 7.92. The van der Waals surface area contributed by atoms with Crippen LogP contribution in [0.25, 0.3) is 0 Å². The fourth-order valence-electron chi connectivity index (χ4n) is 3.01. The molecule has 2 aromatic carbocycles. The van der Waals surface area contributed by atoms with Crippen molar-refractivity contribution in [1.29, 1.82) is 0 Å². The number of hydrogen-bond acceptors (Lipinski definition) is 4. The summed E-state index contributed by atoms with van der Waals surface area (Å²) in [7, 11) is -2.86. The minimum atomic E-state index is -4.73. The molecule has 0 saturated carbocycles. The number of alkyl halides is 3. The minimum Gasteiger partial charge on any atom is -0.488 e. The Labute approximate surface area is 174 Å². The maximum atomic E-state index is 14.0. The summed E-state index contributed by atoms with van der Waals surface area (Å²) in [6.45, 7) is 1.04. The third-order valence-corrected chi connectivity index (χ3v) is 6.13. The number of sulfonamides is 1. The molecule has 1 aliphatic heterocycles. The Hall–Kier alpha value is -2.11. The molecule has 2 aromatic rings. The fraction of sp³-hybridized carbons (Fsp3) is 0.333. The number of rotatable bonds is 5. The van der Waals surface area contributed by atoms with Crippen molar-refractivity contribution < 1.29 is 35.1 Å². The summed E-state index contributed by atoms with van der Waals surface area (Å²) >= 11 is 5.41. The normalized spacial score (nSPS) is 17.9. The van der Waals surface area contributed by atoms with Gasteiger partial charge in [0.15, 0.2) is 0 Å². The highest BCUT2D eigenvalue weighted by atomic mass is 35.5. The third-order valence-electron chi connectivity index (χ3n) is 4.45. The van der Waals surface area contributed by atoms with E-state index in [0.717, 1.165) is 12.1 Å². The molecular formula is C18H16ClF5N2O3S. The zero-order valence-corrected chi connectivity index (χ0v) is 17.0. The molecule has 3 rings (SSSR count). The van der Waals surface area contributed by atoms with Gasteiger partial charge in [0.1, 0.15) is 28.4 Å². The van der Waals surface area contributed by atoms with E-state index >= 15 is 0 Å². The van der Waals surface area contributed by atoms with Crippen LogP contribution >= 0.6 is 11.6 Å². The maximum absolute atomic E-state index is 14.0. The summed E-state index contributed by atoms with van der Waals surface area (Å²) < 4.78 is 99.9.